The quantitative estimate of drug-likeness (QED) is 0.784. The number of nitrogens with one attached hydrogen (secondary N) is 1. The van der Waals surface area contributed by atoms with Gasteiger partial charge in [-0.25, -0.2) is 0 Å². The van der Waals surface area contributed by atoms with Gasteiger partial charge >= 0.3 is 0 Å². The van der Waals surface area contributed by atoms with Gasteiger partial charge in [0.15, 0.2) is 6.61 Å². The Morgan fingerprint density at radius 2 is 2.19 bits per heavy atom. The standard InChI is InChI=1S/C16H24N2O3/c1-11(2)9-17-7-6-14(19)12-4-5-15-13(8-12)18(3)16(20)10-21-15/h4-5,8,11,14,17,19H,6-7,9-10H2,1-3H3. The highest BCUT2D eigenvalue weighted by Crippen LogP contribution is 2.34. The molecule has 21 heavy (non-hydrogen) atoms. The van der Waals surface area contributed by atoms with E-state index in [4.69, 9.17) is 4.74 Å². The molecule has 0 fully saturated rings. The van der Waals surface area contributed by atoms with E-state index in [1.165, 1.54) is 0 Å². The van der Waals surface area contributed by atoms with Crippen molar-refractivity contribution in [3.05, 3.63) is 23.8 Å². The first-order valence-corrected chi connectivity index (χ1v) is 7.41. The van der Waals surface area contributed by atoms with Gasteiger partial charge in [0.2, 0.25) is 0 Å². The Labute approximate surface area is 125 Å². The van der Waals surface area contributed by atoms with Crippen LogP contribution in [0.2, 0.25) is 0 Å². The average molecular weight is 292 g/mol. The number of hydrogen-bond donors (Lipinski definition) is 2. The Morgan fingerprint density at radius 3 is 2.90 bits per heavy atom. The van der Waals surface area contributed by atoms with Crippen LogP contribution in [0.25, 0.3) is 0 Å². The molecule has 0 radical (unpaired) electrons. The van der Waals surface area contributed by atoms with Gasteiger partial charge in [-0.3, -0.25) is 4.79 Å². The molecule has 2 N–H and O–H groups in total. The summed E-state index contributed by atoms with van der Waals surface area (Å²) in [5, 5.41) is 13.6. The number of anilines is 1. The number of carbonyl (C=O) groups is 1. The van der Waals surface area contributed by atoms with Crippen LogP contribution in [-0.2, 0) is 4.79 Å². The van der Waals surface area contributed by atoms with Crippen molar-refractivity contribution in [3.63, 3.8) is 0 Å². The molecule has 1 unspecified atom stereocenters. The van der Waals surface area contributed by atoms with E-state index >= 15 is 0 Å². The summed E-state index contributed by atoms with van der Waals surface area (Å²) in [5.74, 6) is 1.21. The number of carbonyl (C=O) groups excluding carboxylic acids is 1. The second-order valence-corrected chi connectivity index (χ2v) is 5.87. The molecular formula is C16H24N2O3. The van der Waals surface area contributed by atoms with Crippen molar-refractivity contribution in [3.8, 4) is 5.75 Å². The Morgan fingerprint density at radius 1 is 1.43 bits per heavy atom. The molecule has 0 saturated heterocycles. The smallest absolute Gasteiger partial charge is 0.264 e. The fourth-order valence-electron chi connectivity index (χ4n) is 2.29. The Kier molecular flexibility index (Phi) is 5.20. The van der Waals surface area contributed by atoms with Crippen LogP contribution in [-0.4, -0.2) is 37.8 Å². The maximum absolute atomic E-state index is 11.6. The number of likely N-dealkylation sites (N-methyl/N-ethyl adjacent to an activating group) is 1. The molecular weight excluding hydrogens is 268 g/mol. The maximum Gasteiger partial charge on any atom is 0.264 e. The molecule has 1 amide bonds. The number of ether oxygens (including phenoxy) is 1. The fourth-order valence-corrected chi connectivity index (χ4v) is 2.29. The van der Waals surface area contributed by atoms with Gasteiger partial charge in [-0.1, -0.05) is 19.9 Å². The van der Waals surface area contributed by atoms with Gasteiger partial charge in [0.25, 0.3) is 5.91 Å². The molecule has 1 heterocycles. The summed E-state index contributed by atoms with van der Waals surface area (Å²) in [6.45, 7) is 6.09. The van der Waals surface area contributed by atoms with E-state index in [0.29, 0.717) is 18.1 Å². The zero-order valence-corrected chi connectivity index (χ0v) is 12.9. The third kappa shape index (κ3) is 3.95. The highest BCUT2D eigenvalue weighted by molar-refractivity contribution is 5.97. The number of rotatable bonds is 6. The molecule has 116 valence electrons. The predicted molar refractivity (Wildman–Crippen MR) is 82.6 cm³/mol. The van der Waals surface area contributed by atoms with Crippen molar-refractivity contribution in [1.82, 2.24) is 5.32 Å². The monoisotopic (exact) mass is 292 g/mol. The summed E-state index contributed by atoms with van der Waals surface area (Å²) in [5.41, 5.74) is 1.53. The molecule has 0 bridgehead atoms. The lowest BCUT2D eigenvalue weighted by Gasteiger charge is -2.27. The van der Waals surface area contributed by atoms with Gasteiger partial charge in [-0.05, 0) is 43.1 Å². The number of hydrogen-bond acceptors (Lipinski definition) is 4. The van der Waals surface area contributed by atoms with Crippen molar-refractivity contribution in [2.45, 2.75) is 26.4 Å². The first kappa shape index (κ1) is 15.8. The summed E-state index contributed by atoms with van der Waals surface area (Å²) in [7, 11) is 1.73. The second-order valence-electron chi connectivity index (χ2n) is 5.87. The molecule has 0 spiro atoms. The van der Waals surface area contributed by atoms with Crippen molar-refractivity contribution < 1.29 is 14.6 Å². The van der Waals surface area contributed by atoms with Crippen LogP contribution in [0.1, 0.15) is 31.9 Å². The van der Waals surface area contributed by atoms with Crippen molar-refractivity contribution in [2.75, 3.05) is 31.6 Å². The molecule has 0 saturated carbocycles. The van der Waals surface area contributed by atoms with E-state index in [9.17, 15) is 9.90 Å². The fraction of sp³-hybridized carbons (Fsp3) is 0.562. The number of nitrogens with zero attached hydrogens (tertiary/aromatic N) is 1. The molecule has 5 nitrogen and oxygen atoms in total. The summed E-state index contributed by atoms with van der Waals surface area (Å²) in [6.07, 6.45) is 0.102. The molecule has 0 aromatic heterocycles. The van der Waals surface area contributed by atoms with E-state index in [1.54, 1.807) is 11.9 Å². The summed E-state index contributed by atoms with van der Waals surface area (Å²) in [6, 6.07) is 5.51. The molecule has 1 atom stereocenters. The molecule has 1 aromatic rings. The number of benzene rings is 1. The van der Waals surface area contributed by atoms with Crippen molar-refractivity contribution >= 4 is 11.6 Å². The summed E-state index contributed by atoms with van der Waals surface area (Å²) in [4.78, 5) is 13.2. The minimum Gasteiger partial charge on any atom is -0.482 e. The van der Waals surface area contributed by atoms with E-state index in [0.717, 1.165) is 24.3 Å². The average Bonchev–Trinajstić information content (AvgIpc) is 2.47. The zero-order chi connectivity index (χ0) is 15.4. The van der Waals surface area contributed by atoms with Crippen LogP contribution >= 0.6 is 0 Å². The number of fused-ring (bicyclic) bond motifs is 1. The molecule has 1 aromatic carbocycles. The molecule has 1 aliphatic rings. The number of amides is 1. The van der Waals surface area contributed by atoms with Gasteiger partial charge in [-0.2, -0.15) is 0 Å². The topological polar surface area (TPSA) is 61.8 Å². The highest BCUT2D eigenvalue weighted by Gasteiger charge is 2.23. The molecule has 5 heteroatoms. The summed E-state index contributed by atoms with van der Waals surface area (Å²) < 4.78 is 5.38. The summed E-state index contributed by atoms with van der Waals surface area (Å²) >= 11 is 0. The second kappa shape index (κ2) is 6.91. The Balaban J connectivity index is 1.99. The normalized spacial score (nSPS) is 15.9. The van der Waals surface area contributed by atoms with Gasteiger partial charge in [0.05, 0.1) is 11.8 Å². The number of aliphatic hydroxyl groups excluding tert-OH is 1. The predicted octanol–water partition coefficient (Wildman–Crippen LogP) is 1.71. The first-order chi connectivity index (χ1) is 9.99. The van der Waals surface area contributed by atoms with Crippen molar-refractivity contribution in [2.24, 2.45) is 5.92 Å². The van der Waals surface area contributed by atoms with Crippen LogP contribution < -0.4 is 15.0 Å². The Bertz CT molecular complexity index is 502. The lowest BCUT2D eigenvalue weighted by atomic mass is 10.0. The third-order valence-electron chi connectivity index (χ3n) is 3.60. The van der Waals surface area contributed by atoms with Crippen LogP contribution in [0.4, 0.5) is 5.69 Å². The SMILES string of the molecule is CC(C)CNCCC(O)c1ccc2c(c1)N(C)C(=O)CO2. The van der Waals surface area contributed by atoms with Gasteiger partial charge < -0.3 is 20.1 Å². The van der Waals surface area contributed by atoms with E-state index in [2.05, 4.69) is 19.2 Å². The largest absolute Gasteiger partial charge is 0.482 e. The van der Waals surface area contributed by atoms with Gasteiger partial charge in [-0.15, -0.1) is 0 Å². The lowest BCUT2D eigenvalue weighted by Crippen LogP contribution is -2.35. The van der Waals surface area contributed by atoms with Crippen molar-refractivity contribution in [1.29, 1.82) is 0 Å². The first-order valence-electron chi connectivity index (χ1n) is 7.41. The lowest BCUT2D eigenvalue weighted by molar-refractivity contribution is -0.120. The number of aliphatic hydroxyl groups is 1. The van der Waals surface area contributed by atoms with Crippen LogP contribution in [0, 0.1) is 5.92 Å². The van der Waals surface area contributed by atoms with Gasteiger partial charge in [0, 0.05) is 7.05 Å². The van der Waals surface area contributed by atoms with Crippen LogP contribution in [0.5, 0.6) is 5.75 Å². The molecule has 2 rings (SSSR count). The van der Waals surface area contributed by atoms with E-state index < -0.39 is 6.10 Å². The van der Waals surface area contributed by atoms with Crippen LogP contribution in [0.3, 0.4) is 0 Å². The van der Waals surface area contributed by atoms with Gasteiger partial charge in [0.1, 0.15) is 5.75 Å². The highest BCUT2D eigenvalue weighted by atomic mass is 16.5. The zero-order valence-electron chi connectivity index (χ0n) is 12.9. The van der Waals surface area contributed by atoms with Crippen LogP contribution in [0.15, 0.2) is 18.2 Å². The minimum atomic E-state index is -0.541. The molecule has 0 aliphatic carbocycles. The Hall–Kier alpha value is -1.59. The van der Waals surface area contributed by atoms with E-state index in [-0.39, 0.29) is 12.5 Å². The minimum absolute atomic E-state index is 0.0739. The third-order valence-corrected chi connectivity index (χ3v) is 3.60. The maximum atomic E-state index is 11.6. The van der Waals surface area contributed by atoms with E-state index in [1.807, 2.05) is 18.2 Å². The molecule has 1 aliphatic heterocycles.